The van der Waals surface area contributed by atoms with E-state index in [2.05, 4.69) is 11.9 Å². The lowest BCUT2D eigenvalue weighted by atomic mass is 9.96. The van der Waals surface area contributed by atoms with Crippen molar-refractivity contribution in [3.63, 3.8) is 0 Å². The van der Waals surface area contributed by atoms with Crippen LogP contribution in [0, 0.1) is 11.7 Å². The van der Waals surface area contributed by atoms with E-state index in [1.54, 1.807) is 0 Å². The van der Waals surface area contributed by atoms with Crippen molar-refractivity contribution in [3.05, 3.63) is 39.9 Å². The zero-order valence-electron chi connectivity index (χ0n) is 22.5. The normalized spacial score (nSPS) is 21.6. The average molecular weight is 528 g/mol. The van der Waals surface area contributed by atoms with E-state index in [9.17, 15) is 14.4 Å². The van der Waals surface area contributed by atoms with E-state index < -0.39 is 29.0 Å². The molecule has 2 fully saturated rings. The van der Waals surface area contributed by atoms with Crippen LogP contribution >= 0.6 is 0 Å². The van der Waals surface area contributed by atoms with Gasteiger partial charge in [-0.15, -0.1) is 0 Å². The van der Waals surface area contributed by atoms with Crippen LogP contribution < -0.4 is 20.5 Å². The summed E-state index contributed by atoms with van der Waals surface area (Å²) in [6.07, 6.45) is 3.37. The maximum absolute atomic E-state index is 16.2. The van der Waals surface area contributed by atoms with E-state index >= 15 is 4.39 Å². The van der Waals surface area contributed by atoms with Crippen LogP contribution in [0.15, 0.2) is 17.4 Å². The number of alkyl carbamates (subject to hydrolysis) is 1. The third-order valence-electron chi connectivity index (χ3n) is 7.74. The molecule has 3 aliphatic rings. The number of methoxy groups -OCH3 is 1. The standard InChI is InChI=1S/C28H34FN3O6/c1-7-17-18-12-19(25(34)36-6)24(33)32-15(2)14-37-23(21(18)32)22(20(17)29)31-11-8-16(13-31)28(9-10-28)30-26(35)38-27(3,4)5/h7,12,15-16H,1,8-11,13-14H2,2-6H3,(H,30,35)/t15-,16+/m0/s1. The summed E-state index contributed by atoms with van der Waals surface area (Å²) >= 11 is 0. The minimum absolute atomic E-state index is 0.0934. The van der Waals surface area contributed by atoms with Crippen molar-refractivity contribution in [2.45, 2.75) is 64.1 Å². The summed E-state index contributed by atoms with van der Waals surface area (Å²) in [5.41, 5.74) is -0.759. The summed E-state index contributed by atoms with van der Waals surface area (Å²) < 4.78 is 34.1. The number of ether oxygens (including phenoxy) is 3. The van der Waals surface area contributed by atoms with Gasteiger partial charge in [-0.2, -0.15) is 0 Å². The molecule has 5 rings (SSSR count). The van der Waals surface area contributed by atoms with Crippen molar-refractivity contribution in [3.8, 4) is 5.75 Å². The van der Waals surface area contributed by atoms with Crippen molar-refractivity contribution >= 4 is 34.7 Å². The van der Waals surface area contributed by atoms with Crippen LogP contribution in [0.5, 0.6) is 5.75 Å². The van der Waals surface area contributed by atoms with Crippen LogP contribution in [-0.4, -0.2) is 54.6 Å². The van der Waals surface area contributed by atoms with Gasteiger partial charge in [-0.1, -0.05) is 12.7 Å². The molecular formula is C28H34FN3O6. The number of halogens is 1. The second kappa shape index (κ2) is 9.03. The monoisotopic (exact) mass is 527 g/mol. The van der Waals surface area contributed by atoms with Crippen LogP contribution in [0.4, 0.5) is 14.9 Å². The summed E-state index contributed by atoms with van der Waals surface area (Å²) in [6.45, 7) is 12.3. The molecule has 1 aromatic carbocycles. The van der Waals surface area contributed by atoms with Gasteiger partial charge in [0.15, 0.2) is 11.6 Å². The molecule has 9 nitrogen and oxygen atoms in total. The number of esters is 1. The topological polar surface area (TPSA) is 99.1 Å². The Morgan fingerprint density at radius 2 is 2.03 bits per heavy atom. The first-order chi connectivity index (χ1) is 17.9. The molecule has 0 bridgehead atoms. The number of rotatable bonds is 5. The van der Waals surface area contributed by atoms with Crippen LogP contribution in [0.2, 0.25) is 0 Å². The molecule has 1 amide bonds. The lowest BCUT2D eigenvalue weighted by molar-refractivity contribution is 0.0476. The molecule has 10 heteroatoms. The molecule has 1 saturated carbocycles. The third-order valence-corrected chi connectivity index (χ3v) is 7.74. The minimum atomic E-state index is -0.782. The molecule has 1 aromatic heterocycles. The molecule has 1 saturated heterocycles. The first kappa shape index (κ1) is 26.1. The second-order valence-electron chi connectivity index (χ2n) is 11.5. The Balaban J connectivity index is 1.56. The van der Waals surface area contributed by atoms with Gasteiger partial charge in [0.2, 0.25) is 0 Å². The smallest absolute Gasteiger partial charge is 0.408 e. The van der Waals surface area contributed by atoms with Gasteiger partial charge in [0.05, 0.1) is 18.7 Å². The third kappa shape index (κ3) is 4.19. The van der Waals surface area contributed by atoms with Crippen molar-refractivity contribution in [1.29, 1.82) is 0 Å². The molecular weight excluding hydrogens is 493 g/mol. The predicted molar refractivity (Wildman–Crippen MR) is 141 cm³/mol. The number of benzene rings is 1. The highest BCUT2D eigenvalue weighted by atomic mass is 19.1. The zero-order chi connectivity index (χ0) is 27.6. The Morgan fingerprint density at radius 3 is 2.63 bits per heavy atom. The minimum Gasteiger partial charge on any atom is -0.487 e. The Labute approximate surface area is 220 Å². The van der Waals surface area contributed by atoms with Gasteiger partial charge in [0.1, 0.15) is 23.5 Å². The van der Waals surface area contributed by atoms with Crippen molar-refractivity contribution in [1.82, 2.24) is 9.88 Å². The molecule has 1 aliphatic carbocycles. The lowest BCUT2D eigenvalue weighted by Gasteiger charge is -2.32. The number of nitrogens with zero attached hydrogens (tertiary/aromatic N) is 2. The van der Waals surface area contributed by atoms with E-state index in [0.29, 0.717) is 24.0 Å². The molecule has 1 N–H and O–H groups in total. The van der Waals surface area contributed by atoms with Gasteiger partial charge in [-0.3, -0.25) is 9.36 Å². The molecule has 2 atom stereocenters. The number of hydrogen-bond acceptors (Lipinski definition) is 7. The fourth-order valence-electron chi connectivity index (χ4n) is 5.80. The Hall–Kier alpha value is -3.56. The summed E-state index contributed by atoms with van der Waals surface area (Å²) in [7, 11) is 1.20. The highest BCUT2D eigenvalue weighted by molar-refractivity contribution is 6.02. The van der Waals surface area contributed by atoms with E-state index in [4.69, 9.17) is 14.2 Å². The SMILES string of the molecule is C=Cc1c(F)c(N2CC[C@@H](C3(NC(=O)OC(C)(C)C)CC3)C2)c2c3c1cc(C(=O)OC)c(=O)n3[C@@H](C)CO2. The number of amides is 1. The lowest BCUT2D eigenvalue weighted by Crippen LogP contribution is -2.46. The first-order valence-corrected chi connectivity index (χ1v) is 12.9. The number of nitrogens with one attached hydrogen (secondary N) is 1. The van der Waals surface area contributed by atoms with Gasteiger partial charge in [0.25, 0.3) is 5.56 Å². The molecule has 2 aromatic rings. The quantitative estimate of drug-likeness (QED) is 0.575. The number of carbonyl (C=O) groups excluding carboxylic acids is 2. The maximum atomic E-state index is 16.2. The van der Waals surface area contributed by atoms with Crippen LogP contribution in [-0.2, 0) is 9.47 Å². The van der Waals surface area contributed by atoms with E-state index in [1.165, 1.54) is 23.8 Å². The van der Waals surface area contributed by atoms with Crippen LogP contribution in [0.3, 0.4) is 0 Å². The van der Waals surface area contributed by atoms with Gasteiger partial charge in [-0.25, -0.2) is 14.0 Å². The predicted octanol–water partition coefficient (Wildman–Crippen LogP) is 4.41. The summed E-state index contributed by atoms with van der Waals surface area (Å²) in [5, 5.41) is 3.44. The first-order valence-electron chi connectivity index (χ1n) is 12.9. The van der Waals surface area contributed by atoms with Gasteiger partial charge in [-0.05, 0) is 53.0 Å². The molecule has 0 spiro atoms. The number of aromatic nitrogens is 1. The number of hydrogen-bond donors (Lipinski definition) is 1. The zero-order valence-corrected chi connectivity index (χ0v) is 22.5. The molecule has 3 heterocycles. The fourth-order valence-corrected chi connectivity index (χ4v) is 5.80. The largest absolute Gasteiger partial charge is 0.487 e. The summed E-state index contributed by atoms with van der Waals surface area (Å²) in [6, 6.07) is 0.989. The van der Waals surface area contributed by atoms with Crippen molar-refractivity contribution in [2.75, 3.05) is 31.7 Å². The summed E-state index contributed by atoms with van der Waals surface area (Å²) in [5.74, 6) is -0.935. The Morgan fingerprint density at radius 1 is 1.32 bits per heavy atom. The molecule has 0 unspecified atom stereocenters. The maximum Gasteiger partial charge on any atom is 0.408 e. The van der Waals surface area contributed by atoms with Crippen molar-refractivity contribution in [2.24, 2.45) is 5.92 Å². The van der Waals surface area contributed by atoms with Gasteiger partial charge < -0.3 is 24.4 Å². The number of carbonyl (C=O) groups is 2. The number of anilines is 1. The Kier molecular flexibility index (Phi) is 6.19. The Bertz CT molecular complexity index is 1400. The summed E-state index contributed by atoms with van der Waals surface area (Å²) in [4.78, 5) is 40.2. The van der Waals surface area contributed by atoms with Crippen LogP contribution in [0.1, 0.15) is 68.9 Å². The second-order valence-corrected chi connectivity index (χ2v) is 11.5. The van der Waals surface area contributed by atoms with Gasteiger partial charge >= 0.3 is 12.1 Å². The van der Waals surface area contributed by atoms with Crippen LogP contribution in [0.25, 0.3) is 17.0 Å². The molecule has 38 heavy (non-hydrogen) atoms. The molecule has 0 radical (unpaired) electrons. The van der Waals surface area contributed by atoms with E-state index in [-0.39, 0.29) is 46.7 Å². The van der Waals surface area contributed by atoms with E-state index in [1.807, 2.05) is 32.6 Å². The highest BCUT2D eigenvalue weighted by Gasteiger charge is 2.53. The van der Waals surface area contributed by atoms with Gasteiger partial charge in [0, 0.05) is 35.5 Å². The number of pyridine rings is 1. The van der Waals surface area contributed by atoms with E-state index in [0.717, 1.165) is 19.3 Å². The molecule has 2 aliphatic heterocycles. The van der Waals surface area contributed by atoms with Crippen molar-refractivity contribution < 1.29 is 28.2 Å². The fraction of sp³-hybridized carbons (Fsp3) is 0.536. The highest BCUT2D eigenvalue weighted by Crippen LogP contribution is 2.50. The average Bonchev–Trinajstić information content (AvgIpc) is 3.44. The molecule has 204 valence electrons.